The minimum Gasteiger partial charge on any atom is -0.317 e. The first-order valence-electron chi connectivity index (χ1n) is 8.81. The van der Waals surface area contributed by atoms with Gasteiger partial charge in [-0.15, -0.1) is 0 Å². The third-order valence-electron chi connectivity index (χ3n) is 5.82. The average molecular weight is 264 g/mol. The monoisotopic (exact) mass is 264 g/mol. The molecule has 1 saturated heterocycles. The molecule has 0 aromatic rings. The summed E-state index contributed by atoms with van der Waals surface area (Å²) < 4.78 is 0. The van der Waals surface area contributed by atoms with Crippen molar-refractivity contribution in [2.75, 3.05) is 26.2 Å². The topological polar surface area (TPSA) is 15.3 Å². The van der Waals surface area contributed by atoms with E-state index in [0.717, 1.165) is 30.3 Å². The van der Waals surface area contributed by atoms with Crippen molar-refractivity contribution >= 4 is 0 Å². The van der Waals surface area contributed by atoms with E-state index in [1.807, 2.05) is 0 Å². The van der Waals surface area contributed by atoms with Crippen LogP contribution in [-0.4, -0.2) is 37.1 Å². The lowest BCUT2D eigenvalue weighted by molar-refractivity contribution is 0.0850. The summed E-state index contributed by atoms with van der Waals surface area (Å²) in [4.78, 5) is 2.84. The molecule has 0 amide bonds. The first kappa shape index (κ1) is 13.9. The van der Waals surface area contributed by atoms with Crippen molar-refractivity contribution in [1.29, 1.82) is 0 Å². The highest BCUT2D eigenvalue weighted by Crippen LogP contribution is 2.45. The summed E-state index contributed by atoms with van der Waals surface area (Å²) >= 11 is 0. The van der Waals surface area contributed by atoms with E-state index < -0.39 is 0 Å². The van der Waals surface area contributed by atoms with Crippen LogP contribution >= 0.6 is 0 Å². The zero-order chi connectivity index (χ0) is 13.1. The summed E-state index contributed by atoms with van der Waals surface area (Å²) in [6.45, 7) is 7.34. The lowest BCUT2D eigenvalue weighted by Crippen LogP contribution is -2.45. The normalized spacial score (nSPS) is 34.6. The number of nitrogens with one attached hydrogen (secondary N) is 1. The average Bonchev–Trinajstić information content (AvgIpc) is 3.30. The smallest absolute Gasteiger partial charge is 0.00980 e. The second-order valence-electron chi connectivity index (χ2n) is 7.20. The number of hydrogen-bond acceptors (Lipinski definition) is 2. The highest BCUT2D eigenvalue weighted by atomic mass is 15.2. The third kappa shape index (κ3) is 3.72. The van der Waals surface area contributed by atoms with Crippen LogP contribution in [0.2, 0.25) is 0 Å². The van der Waals surface area contributed by atoms with Crippen molar-refractivity contribution in [3.8, 4) is 0 Å². The summed E-state index contributed by atoms with van der Waals surface area (Å²) in [6, 6.07) is 0.944. The molecular formula is C17H32N2. The van der Waals surface area contributed by atoms with Gasteiger partial charge in [-0.05, 0) is 82.5 Å². The summed E-state index contributed by atoms with van der Waals surface area (Å²) in [5, 5.41) is 3.52. The lowest BCUT2D eigenvalue weighted by Gasteiger charge is -2.41. The molecule has 0 spiro atoms. The van der Waals surface area contributed by atoms with Crippen molar-refractivity contribution in [3.63, 3.8) is 0 Å². The van der Waals surface area contributed by atoms with Crippen molar-refractivity contribution < 1.29 is 0 Å². The lowest BCUT2D eigenvalue weighted by atomic mass is 9.81. The van der Waals surface area contributed by atoms with E-state index in [9.17, 15) is 0 Å². The molecule has 3 fully saturated rings. The summed E-state index contributed by atoms with van der Waals surface area (Å²) in [5.74, 6) is 3.17. The van der Waals surface area contributed by atoms with E-state index >= 15 is 0 Å². The Morgan fingerprint density at radius 1 is 0.947 bits per heavy atom. The Labute approximate surface area is 119 Å². The first-order valence-corrected chi connectivity index (χ1v) is 8.81. The molecule has 1 N–H and O–H groups in total. The van der Waals surface area contributed by atoms with Gasteiger partial charge < -0.3 is 10.2 Å². The molecule has 1 aliphatic heterocycles. The third-order valence-corrected chi connectivity index (χ3v) is 5.82. The van der Waals surface area contributed by atoms with Crippen molar-refractivity contribution in [3.05, 3.63) is 0 Å². The van der Waals surface area contributed by atoms with E-state index in [1.54, 1.807) is 12.8 Å². The molecule has 2 aliphatic carbocycles. The van der Waals surface area contributed by atoms with Crippen LogP contribution in [0.5, 0.6) is 0 Å². The summed E-state index contributed by atoms with van der Waals surface area (Å²) in [7, 11) is 0. The highest BCUT2D eigenvalue weighted by molar-refractivity contribution is 4.90. The van der Waals surface area contributed by atoms with Gasteiger partial charge in [0.2, 0.25) is 0 Å². The standard InChI is InChI=1S/C17H32N2/c1-2-18-13-14-8-10-19(11-9-14)17-5-3-4-16(12-17)15-6-7-15/h14-18H,2-13H2,1H3. The predicted molar refractivity (Wildman–Crippen MR) is 81.3 cm³/mol. The minimum absolute atomic E-state index is 0.944. The fourth-order valence-corrected chi connectivity index (χ4v) is 4.40. The quantitative estimate of drug-likeness (QED) is 0.820. The number of rotatable bonds is 5. The van der Waals surface area contributed by atoms with Crippen LogP contribution in [-0.2, 0) is 0 Å². The Hall–Kier alpha value is -0.0800. The van der Waals surface area contributed by atoms with Crippen LogP contribution < -0.4 is 5.32 Å². The van der Waals surface area contributed by atoms with Gasteiger partial charge in [-0.2, -0.15) is 0 Å². The first-order chi connectivity index (χ1) is 9.36. The zero-order valence-corrected chi connectivity index (χ0v) is 12.7. The SMILES string of the molecule is CCNCC1CCN(C2CCCC(C3CC3)C2)CC1. The molecule has 3 aliphatic rings. The van der Waals surface area contributed by atoms with Crippen molar-refractivity contribution in [2.24, 2.45) is 17.8 Å². The maximum atomic E-state index is 3.52. The van der Waals surface area contributed by atoms with Gasteiger partial charge in [0.05, 0.1) is 0 Å². The predicted octanol–water partition coefficient (Wildman–Crippen LogP) is 3.28. The minimum atomic E-state index is 0.944. The molecule has 2 saturated carbocycles. The maximum absolute atomic E-state index is 3.52. The van der Waals surface area contributed by atoms with Crippen molar-refractivity contribution in [1.82, 2.24) is 10.2 Å². The largest absolute Gasteiger partial charge is 0.317 e. The molecule has 2 heteroatoms. The van der Waals surface area contributed by atoms with Gasteiger partial charge in [-0.25, -0.2) is 0 Å². The van der Waals surface area contributed by atoms with Gasteiger partial charge in [-0.3, -0.25) is 0 Å². The second kappa shape index (κ2) is 6.58. The Morgan fingerprint density at radius 2 is 1.74 bits per heavy atom. The van der Waals surface area contributed by atoms with E-state index in [1.165, 1.54) is 58.2 Å². The molecule has 0 aromatic heterocycles. The van der Waals surface area contributed by atoms with Gasteiger partial charge in [0.15, 0.2) is 0 Å². The zero-order valence-electron chi connectivity index (χ0n) is 12.7. The van der Waals surface area contributed by atoms with Crippen LogP contribution in [0.3, 0.4) is 0 Å². The van der Waals surface area contributed by atoms with Crippen LogP contribution in [0.15, 0.2) is 0 Å². The number of likely N-dealkylation sites (tertiary alicyclic amines) is 1. The van der Waals surface area contributed by atoms with Crippen LogP contribution in [0, 0.1) is 17.8 Å². The van der Waals surface area contributed by atoms with E-state index in [-0.39, 0.29) is 0 Å². The molecule has 0 radical (unpaired) electrons. The second-order valence-corrected chi connectivity index (χ2v) is 7.20. The number of piperidine rings is 1. The van der Waals surface area contributed by atoms with Crippen LogP contribution in [0.4, 0.5) is 0 Å². The van der Waals surface area contributed by atoms with Gasteiger partial charge in [0, 0.05) is 6.04 Å². The molecule has 1 heterocycles. The number of hydrogen-bond donors (Lipinski definition) is 1. The maximum Gasteiger partial charge on any atom is 0.00980 e. The molecule has 2 nitrogen and oxygen atoms in total. The van der Waals surface area contributed by atoms with Gasteiger partial charge >= 0.3 is 0 Å². The Bertz CT molecular complexity index is 266. The summed E-state index contributed by atoms with van der Waals surface area (Å²) in [5.41, 5.74) is 0. The number of nitrogens with zero attached hydrogens (tertiary/aromatic N) is 1. The van der Waals surface area contributed by atoms with E-state index in [0.29, 0.717) is 0 Å². The van der Waals surface area contributed by atoms with Crippen molar-refractivity contribution in [2.45, 2.75) is 64.3 Å². The Kier molecular flexibility index (Phi) is 4.81. The summed E-state index contributed by atoms with van der Waals surface area (Å²) in [6.07, 6.45) is 12.0. The molecule has 0 bridgehead atoms. The molecular weight excluding hydrogens is 232 g/mol. The Balaban J connectivity index is 1.42. The molecule has 110 valence electrons. The van der Waals surface area contributed by atoms with Crippen LogP contribution in [0.1, 0.15) is 58.3 Å². The Morgan fingerprint density at radius 3 is 2.42 bits per heavy atom. The molecule has 0 aromatic carbocycles. The molecule has 3 rings (SSSR count). The molecule has 2 atom stereocenters. The fourth-order valence-electron chi connectivity index (χ4n) is 4.40. The van der Waals surface area contributed by atoms with Gasteiger partial charge in [0.25, 0.3) is 0 Å². The molecule has 2 unspecified atom stereocenters. The van der Waals surface area contributed by atoms with E-state index in [4.69, 9.17) is 0 Å². The van der Waals surface area contributed by atoms with Gasteiger partial charge in [-0.1, -0.05) is 19.8 Å². The molecule has 19 heavy (non-hydrogen) atoms. The van der Waals surface area contributed by atoms with Crippen LogP contribution in [0.25, 0.3) is 0 Å². The fraction of sp³-hybridized carbons (Fsp3) is 1.00. The van der Waals surface area contributed by atoms with E-state index in [2.05, 4.69) is 17.1 Å². The highest BCUT2D eigenvalue weighted by Gasteiger charge is 2.36. The van der Waals surface area contributed by atoms with Gasteiger partial charge in [0.1, 0.15) is 0 Å².